The Labute approximate surface area is 678 Å². The van der Waals surface area contributed by atoms with E-state index >= 15 is 0 Å². The van der Waals surface area contributed by atoms with Gasteiger partial charge in [0.15, 0.2) is 0 Å². The molecule has 0 aliphatic heterocycles. The van der Waals surface area contributed by atoms with Gasteiger partial charge in [-0.05, 0) is 157 Å². The van der Waals surface area contributed by atoms with Crippen LogP contribution in [-0.2, 0) is 60.3 Å². The summed E-state index contributed by atoms with van der Waals surface area (Å²) in [5.41, 5.74) is 21.8. The van der Waals surface area contributed by atoms with Gasteiger partial charge in [-0.15, -0.1) is 162 Å². The summed E-state index contributed by atoms with van der Waals surface area (Å²) in [6.07, 6.45) is 10.4. The van der Waals surface area contributed by atoms with Crippen LogP contribution < -0.4 is 0 Å². The smallest absolute Gasteiger partial charge is 0.216 e. The van der Waals surface area contributed by atoms with Gasteiger partial charge in [0, 0.05) is 135 Å². The Morgan fingerprint density at radius 1 is 0.312 bits per heavy atom. The van der Waals surface area contributed by atoms with E-state index in [0.717, 1.165) is 139 Å². The van der Waals surface area contributed by atoms with Gasteiger partial charge in [-0.25, -0.2) is 15.0 Å². The van der Waals surface area contributed by atoms with E-state index in [1.54, 1.807) is 43.0 Å². The van der Waals surface area contributed by atoms with Gasteiger partial charge in [-0.3, -0.25) is 0 Å². The van der Waals surface area contributed by atoms with Crippen LogP contribution in [-0.4, -0.2) is 44.9 Å². The van der Waals surface area contributed by atoms with Gasteiger partial charge in [-0.1, -0.05) is 138 Å². The molecular formula is C94H69Ir3N9O3-6. The molecule has 109 heavy (non-hydrogen) atoms. The predicted octanol–water partition coefficient (Wildman–Crippen LogP) is 23.2. The maximum Gasteiger partial charge on any atom is 0.216 e. The van der Waals surface area contributed by atoms with Crippen LogP contribution in [0.4, 0.5) is 0 Å². The second kappa shape index (κ2) is 37.7. The Hall–Kier alpha value is -11.8. The molecule has 7 aromatic carbocycles. The summed E-state index contributed by atoms with van der Waals surface area (Å²) in [7, 11) is 0. The van der Waals surface area contributed by atoms with Crippen LogP contribution in [0, 0.1) is 64.0 Å². The van der Waals surface area contributed by atoms with Gasteiger partial charge in [0.1, 0.15) is 0 Å². The van der Waals surface area contributed by atoms with Crippen molar-refractivity contribution >= 4 is 66.2 Å². The van der Waals surface area contributed by atoms with Crippen molar-refractivity contribution in [2.45, 2.75) is 47.4 Å². The number of aromatic nitrogens is 9. The van der Waals surface area contributed by atoms with Crippen molar-refractivity contribution in [1.29, 1.82) is 0 Å². The molecule has 15 heteroatoms. The second-order valence-electron chi connectivity index (χ2n) is 24.8. The molecule has 0 aliphatic rings. The predicted molar refractivity (Wildman–Crippen MR) is 425 cm³/mol. The van der Waals surface area contributed by atoms with Crippen LogP contribution in [0.25, 0.3) is 145 Å². The Morgan fingerprint density at radius 3 is 1.04 bits per heavy atom. The molecule has 0 saturated heterocycles. The molecule has 0 saturated carbocycles. The fourth-order valence-corrected chi connectivity index (χ4v) is 11.8. The van der Waals surface area contributed by atoms with Gasteiger partial charge in [0.05, 0.1) is 16.7 Å². The molecule has 19 rings (SSSR count). The first kappa shape index (κ1) is 74.1. The summed E-state index contributed by atoms with van der Waals surface area (Å²) >= 11 is 0. The SMILES string of the molecule is Cc1ccc2c(n1)oc1c(-c3cc(-c4ccc(C(C)C)cc4)ccn3)[c-]ccc12.Cc1ccc2c(n1)oc1c(-c3ccccn3)[c-]ccc12.Cc1ccc2c(n1)oc1c(-c3ccccn3)[c-]ccc12.[2H]C([2H])([2H])c1ccc(-c2[c-]cccc2)nc1.[Ir].[Ir].[Ir].[c-]1ccccc1-c1ccccn1.[c-]1ccccc1-c1ccccn1. The van der Waals surface area contributed by atoms with Crippen molar-refractivity contribution in [3.8, 4) is 78.7 Å². The number of furan rings is 3. The zero-order chi connectivity index (χ0) is 75.1. The summed E-state index contributed by atoms with van der Waals surface area (Å²) in [4.78, 5) is 39.3. The Morgan fingerprint density at radius 2 is 0.688 bits per heavy atom. The van der Waals surface area contributed by atoms with E-state index in [1.165, 1.54) is 17.3 Å². The molecule has 0 bridgehead atoms. The average molecular weight is 1950 g/mol. The Kier molecular flexibility index (Phi) is 25.6. The number of benzene rings is 7. The maximum absolute atomic E-state index is 7.23. The van der Waals surface area contributed by atoms with Gasteiger partial charge < -0.3 is 43.2 Å². The standard InChI is InChI=1S/C26H21N2O.2C17H11N2O.C12H10N.2C11H8N.3Ir/c1-16(2)18-8-10-19(11-9-18)20-13-14-27-24(15-20)23-6-4-5-21-22-12-7-17(3)28-26(22)29-25(21)23;2*1-11-8-9-13-12-5-4-6-14(15-7-2-3-10-18-15)16(12)20-17(13)19-11;1-10-7-8-12(13-9-10)11-5-3-2-4-6-11;2*1-2-6-10(7-3-1)11-8-4-5-9-12-11;;;/h4-5,7-16H,1-3H3;2*2-5,7-10H,1H3;2-5,7-9H,1H3;2*1-6,8-9H;;;/q6*-1;;;/i;;;1D3;;;;;. The summed E-state index contributed by atoms with van der Waals surface area (Å²) in [6.45, 7) is 8.21. The van der Waals surface area contributed by atoms with Gasteiger partial charge in [0.25, 0.3) is 0 Å². The van der Waals surface area contributed by atoms with E-state index in [-0.39, 0.29) is 65.9 Å². The largest absolute Gasteiger partial charge is 0.486 e. The number of rotatable bonds is 8. The minimum Gasteiger partial charge on any atom is -0.486 e. The van der Waals surface area contributed by atoms with E-state index in [1.807, 2.05) is 239 Å². The average Bonchev–Trinajstić information content (AvgIpc) is 1.62. The van der Waals surface area contributed by atoms with Crippen LogP contribution in [0.1, 0.15) is 52.1 Å². The fraction of sp³-hybridized carbons (Fsp3) is 0.0745. The molecule has 0 spiro atoms. The van der Waals surface area contributed by atoms with E-state index in [0.29, 0.717) is 23.1 Å². The maximum atomic E-state index is 7.23. The molecule has 0 aliphatic carbocycles. The van der Waals surface area contributed by atoms with Crippen LogP contribution >= 0.6 is 0 Å². The molecule has 0 N–H and O–H groups in total. The topological polar surface area (TPSA) is 155 Å². The number of nitrogens with zero attached hydrogens (tertiary/aromatic N) is 9. The first-order valence-electron chi connectivity index (χ1n) is 36.0. The summed E-state index contributed by atoms with van der Waals surface area (Å²) in [5, 5.41) is 6.20. The van der Waals surface area contributed by atoms with Crippen molar-refractivity contribution < 1.29 is 77.7 Å². The van der Waals surface area contributed by atoms with Crippen molar-refractivity contribution in [1.82, 2.24) is 44.9 Å². The van der Waals surface area contributed by atoms with Gasteiger partial charge in [-0.2, -0.15) is 0 Å². The van der Waals surface area contributed by atoms with Crippen LogP contribution in [0.2, 0.25) is 0 Å². The third kappa shape index (κ3) is 19.2. The number of hydrogen-bond donors (Lipinski definition) is 0. The Bertz CT molecular complexity index is 5910. The molecule has 12 heterocycles. The minimum atomic E-state index is -2.09. The van der Waals surface area contributed by atoms with E-state index < -0.39 is 6.85 Å². The third-order valence-corrected chi connectivity index (χ3v) is 17.1. The number of fused-ring (bicyclic) bond motifs is 9. The monoisotopic (exact) mass is 1950 g/mol. The van der Waals surface area contributed by atoms with Gasteiger partial charge in [0.2, 0.25) is 17.1 Å². The normalized spacial score (nSPS) is 11.0. The molecule has 0 amide bonds. The zero-order valence-corrected chi connectivity index (χ0v) is 66.9. The minimum absolute atomic E-state index is 0. The molecule has 541 valence electrons. The molecule has 0 unspecified atom stereocenters. The van der Waals surface area contributed by atoms with Crippen LogP contribution in [0.15, 0.2) is 317 Å². The summed E-state index contributed by atoms with van der Waals surface area (Å²) in [6, 6.07) is 106. The van der Waals surface area contributed by atoms with Crippen LogP contribution in [0.3, 0.4) is 0 Å². The van der Waals surface area contributed by atoms with E-state index in [4.69, 9.17) is 17.4 Å². The Balaban J connectivity index is 0.000000136. The summed E-state index contributed by atoms with van der Waals surface area (Å²) in [5.74, 6) is 0.523. The summed E-state index contributed by atoms with van der Waals surface area (Å²) < 4.78 is 39.7. The van der Waals surface area contributed by atoms with Crippen molar-refractivity contribution in [3.05, 3.63) is 369 Å². The zero-order valence-electron chi connectivity index (χ0n) is 62.7. The molecule has 12 nitrogen and oxygen atoms in total. The molecule has 0 atom stereocenters. The first-order chi connectivity index (χ1) is 53.3. The van der Waals surface area contributed by atoms with E-state index in [2.05, 4.69) is 131 Å². The molecule has 3 radical (unpaired) electrons. The molecule has 12 aromatic heterocycles. The molecular weight excluding hydrogens is 1880 g/mol. The van der Waals surface area contributed by atoms with E-state index in [9.17, 15) is 0 Å². The van der Waals surface area contributed by atoms with Gasteiger partial charge >= 0.3 is 0 Å². The molecule has 19 aromatic rings. The van der Waals surface area contributed by atoms with Crippen molar-refractivity contribution in [3.63, 3.8) is 0 Å². The van der Waals surface area contributed by atoms with Crippen molar-refractivity contribution in [2.75, 3.05) is 0 Å². The second-order valence-corrected chi connectivity index (χ2v) is 24.8. The van der Waals surface area contributed by atoms with Crippen molar-refractivity contribution in [2.24, 2.45) is 0 Å². The number of aryl methyl sites for hydroxylation is 4. The quantitative estimate of drug-likeness (QED) is 0.133. The number of pyridine rings is 9. The first-order valence-corrected chi connectivity index (χ1v) is 34.5. The fourth-order valence-electron chi connectivity index (χ4n) is 11.8. The molecule has 0 fully saturated rings. The van der Waals surface area contributed by atoms with Crippen LogP contribution in [0.5, 0.6) is 0 Å². The number of hydrogen-bond acceptors (Lipinski definition) is 12. The third-order valence-electron chi connectivity index (χ3n) is 17.1.